The van der Waals surface area contributed by atoms with Gasteiger partial charge in [-0.3, -0.25) is 4.98 Å². The first-order valence-corrected chi connectivity index (χ1v) is 11.2. The average Bonchev–Trinajstić information content (AvgIpc) is 3.25. The van der Waals surface area contributed by atoms with E-state index in [-0.39, 0.29) is 11.4 Å². The number of nitrogens with zero attached hydrogens (tertiary/aromatic N) is 2. The van der Waals surface area contributed by atoms with Crippen LogP contribution in [0.25, 0.3) is 10.9 Å². The molecule has 2 N–H and O–H groups in total. The Kier molecular flexibility index (Phi) is 4.66. The van der Waals surface area contributed by atoms with Crippen LogP contribution in [0, 0.1) is 0 Å². The number of hydrogen-bond donors (Lipinski definition) is 2. The number of nitrogens with one attached hydrogen (secondary N) is 1. The van der Waals surface area contributed by atoms with Gasteiger partial charge in [0.15, 0.2) is 0 Å². The Hall–Kier alpha value is -3.00. The number of aliphatic hydroxyl groups excluding tert-OH is 1. The van der Waals surface area contributed by atoms with Crippen molar-refractivity contribution in [1.29, 1.82) is 0 Å². The monoisotopic (exact) mass is 419 g/mol. The summed E-state index contributed by atoms with van der Waals surface area (Å²) in [6.07, 6.45) is 4.62. The molecular formula is C23H21N3O3S. The van der Waals surface area contributed by atoms with E-state index in [1.165, 1.54) is 4.31 Å². The first kappa shape index (κ1) is 19.0. The van der Waals surface area contributed by atoms with Crippen molar-refractivity contribution >= 4 is 20.9 Å². The van der Waals surface area contributed by atoms with Crippen molar-refractivity contribution in [2.75, 3.05) is 0 Å². The third kappa shape index (κ3) is 3.11. The number of benzene rings is 2. The molecule has 1 aliphatic rings. The number of aromatic amines is 1. The van der Waals surface area contributed by atoms with Crippen LogP contribution in [0.5, 0.6) is 0 Å². The maximum absolute atomic E-state index is 13.6. The number of pyridine rings is 1. The van der Waals surface area contributed by atoms with Gasteiger partial charge in [0.1, 0.15) is 0 Å². The summed E-state index contributed by atoms with van der Waals surface area (Å²) in [5, 5.41) is 12.3. The third-order valence-corrected chi connectivity index (χ3v) is 7.71. The number of hydrogen-bond acceptors (Lipinski definition) is 4. The van der Waals surface area contributed by atoms with Gasteiger partial charge in [-0.15, -0.1) is 0 Å². The lowest BCUT2D eigenvalue weighted by atomic mass is 9.94. The summed E-state index contributed by atoms with van der Waals surface area (Å²) in [5.41, 5.74) is 3.26. The molecule has 2 atom stereocenters. The average molecular weight is 420 g/mol. The smallest absolute Gasteiger partial charge is 0.244 e. The highest BCUT2D eigenvalue weighted by molar-refractivity contribution is 7.89. The fourth-order valence-corrected chi connectivity index (χ4v) is 6.12. The van der Waals surface area contributed by atoms with Crippen LogP contribution in [-0.4, -0.2) is 33.8 Å². The molecule has 30 heavy (non-hydrogen) atoms. The number of sulfonamides is 1. The van der Waals surface area contributed by atoms with Crippen LogP contribution in [0.4, 0.5) is 0 Å². The fraction of sp³-hybridized carbons (Fsp3) is 0.174. The lowest BCUT2D eigenvalue weighted by Crippen LogP contribution is -2.48. The van der Waals surface area contributed by atoms with E-state index in [1.54, 1.807) is 48.8 Å². The van der Waals surface area contributed by atoms with E-state index < -0.39 is 22.2 Å². The predicted molar refractivity (Wildman–Crippen MR) is 114 cm³/mol. The first-order valence-electron chi connectivity index (χ1n) is 9.78. The summed E-state index contributed by atoms with van der Waals surface area (Å²) in [6.45, 7) is 0.171. The largest absolute Gasteiger partial charge is 0.387 e. The number of fused-ring (bicyclic) bond motifs is 2. The van der Waals surface area contributed by atoms with Crippen LogP contribution in [0.15, 0.2) is 84.1 Å². The van der Waals surface area contributed by atoms with Gasteiger partial charge in [0.2, 0.25) is 10.0 Å². The van der Waals surface area contributed by atoms with E-state index in [1.807, 2.05) is 30.5 Å². The molecule has 0 saturated heterocycles. The van der Waals surface area contributed by atoms with Crippen molar-refractivity contribution in [1.82, 2.24) is 14.3 Å². The molecule has 1 aliphatic heterocycles. The van der Waals surface area contributed by atoms with Gasteiger partial charge in [-0.25, -0.2) is 8.42 Å². The van der Waals surface area contributed by atoms with Crippen LogP contribution < -0.4 is 0 Å². The van der Waals surface area contributed by atoms with Crippen molar-refractivity contribution in [3.05, 3.63) is 95.9 Å². The Labute approximate surface area is 174 Å². The minimum Gasteiger partial charge on any atom is -0.387 e. The lowest BCUT2D eigenvalue weighted by Gasteiger charge is -2.39. The van der Waals surface area contributed by atoms with Gasteiger partial charge >= 0.3 is 0 Å². The zero-order valence-corrected chi connectivity index (χ0v) is 17.0. The maximum Gasteiger partial charge on any atom is 0.244 e. The molecule has 2 aromatic heterocycles. The van der Waals surface area contributed by atoms with Gasteiger partial charge in [0.25, 0.3) is 0 Å². The van der Waals surface area contributed by atoms with Gasteiger partial charge in [0.05, 0.1) is 17.0 Å². The van der Waals surface area contributed by atoms with Gasteiger partial charge in [-0.1, -0.05) is 30.3 Å². The van der Waals surface area contributed by atoms with E-state index >= 15 is 0 Å². The summed E-state index contributed by atoms with van der Waals surface area (Å²) >= 11 is 0. The molecular weight excluding hydrogens is 398 g/mol. The lowest BCUT2D eigenvalue weighted by molar-refractivity contribution is 0.0771. The van der Waals surface area contributed by atoms with Crippen LogP contribution >= 0.6 is 0 Å². The van der Waals surface area contributed by atoms with Crippen LogP contribution in [0.2, 0.25) is 0 Å². The van der Waals surface area contributed by atoms with Crippen molar-refractivity contribution in [3.63, 3.8) is 0 Å². The molecule has 0 radical (unpaired) electrons. The Bertz CT molecular complexity index is 1300. The molecule has 2 aromatic carbocycles. The summed E-state index contributed by atoms with van der Waals surface area (Å²) in [7, 11) is -3.78. The summed E-state index contributed by atoms with van der Waals surface area (Å²) in [4.78, 5) is 7.38. The molecule has 0 bridgehead atoms. The molecule has 152 valence electrons. The number of aromatic nitrogens is 2. The molecule has 0 aliphatic carbocycles. The van der Waals surface area contributed by atoms with Gasteiger partial charge < -0.3 is 10.1 Å². The predicted octanol–water partition coefficient (Wildman–Crippen LogP) is 3.41. The normalized spacial score (nSPS) is 20.8. The Morgan fingerprint density at radius 3 is 2.63 bits per heavy atom. The van der Waals surface area contributed by atoms with Crippen LogP contribution in [0.3, 0.4) is 0 Å². The molecule has 0 saturated carbocycles. The highest BCUT2D eigenvalue weighted by Gasteiger charge is 2.43. The van der Waals surface area contributed by atoms with E-state index in [4.69, 9.17) is 0 Å². The Morgan fingerprint density at radius 2 is 1.80 bits per heavy atom. The van der Waals surface area contributed by atoms with E-state index in [0.717, 1.165) is 22.0 Å². The van der Waals surface area contributed by atoms with E-state index in [0.29, 0.717) is 12.0 Å². The van der Waals surface area contributed by atoms with Crippen LogP contribution in [-0.2, 0) is 23.0 Å². The molecule has 0 spiro atoms. The second-order valence-electron chi connectivity index (χ2n) is 7.52. The number of aliphatic hydroxyl groups is 1. The quantitative estimate of drug-likeness (QED) is 0.531. The highest BCUT2D eigenvalue weighted by Crippen LogP contribution is 2.39. The highest BCUT2D eigenvalue weighted by atomic mass is 32.2. The number of rotatable bonds is 4. The van der Waals surface area contributed by atoms with Gasteiger partial charge in [0, 0.05) is 41.6 Å². The summed E-state index contributed by atoms with van der Waals surface area (Å²) < 4.78 is 28.6. The van der Waals surface area contributed by atoms with Crippen LogP contribution in [0.1, 0.15) is 22.8 Å². The zero-order chi connectivity index (χ0) is 20.7. The standard InChI is InChI=1S/C23H21N3O3S/c27-23-19-5-1-2-7-22(19)30(28,29)26(15-16-8-11-24-12-9-16)21(23)14-17-4-3-6-20-18(17)10-13-25-20/h1-13,21,23,25,27H,14-15H2/t21-,23+/m1/s1. The first-order chi connectivity index (χ1) is 14.6. The summed E-state index contributed by atoms with van der Waals surface area (Å²) in [5.74, 6) is 0. The maximum atomic E-state index is 13.6. The number of H-pyrrole nitrogens is 1. The molecule has 5 rings (SSSR count). The SMILES string of the molecule is O=S1(=O)c2ccccc2[C@H](O)[C@@H](Cc2cccc3[nH]ccc23)N1Cc1ccncc1. The molecule has 7 heteroatoms. The van der Waals surface area contributed by atoms with E-state index in [2.05, 4.69) is 9.97 Å². The van der Waals surface area contributed by atoms with Crippen molar-refractivity contribution in [2.45, 2.75) is 30.0 Å². The molecule has 4 aromatic rings. The molecule has 0 amide bonds. The van der Waals surface area contributed by atoms with Gasteiger partial charge in [-0.05, 0) is 47.9 Å². The van der Waals surface area contributed by atoms with Crippen molar-refractivity contribution in [2.24, 2.45) is 0 Å². The molecule has 0 unspecified atom stereocenters. The van der Waals surface area contributed by atoms with Crippen molar-refractivity contribution < 1.29 is 13.5 Å². The molecule has 6 nitrogen and oxygen atoms in total. The molecule has 3 heterocycles. The van der Waals surface area contributed by atoms with E-state index in [9.17, 15) is 13.5 Å². The topological polar surface area (TPSA) is 86.3 Å². The second-order valence-corrected chi connectivity index (χ2v) is 9.37. The zero-order valence-electron chi connectivity index (χ0n) is 16.1. The fourth-order valence-electron chi connectivity index (χ4n) is 4.27. The summed E-state index contributed by atoms with van der Waals surface area (Å²) in [6, 6.07) is 17.6. The second kappa shape index (κ2) is 7.36. The minimum atomic E-state index is -3.78. The third-order valence-electron chi connectivity index (χ3n) is 5.76. The molecule has 0 fully saturated rings. The Morgan fingerprint density at radius 1 is 1.00 bits per heavy atom. The van der Waals surface area contributed by atoms with Gasteiger partial charge in [-0.2, -0.15) is 4.31 Å². The van der Waals surface area contributed by atoms with Crippen molar-refractivity contribution in [3.8, 4) is 0 Å². The Balaban J connectivity index is 1.63. The minimum absolute atomic E-state index is 0.169.